The van der Waals surface area contributed by atoms with Crippen LogP contribution in [0.15, 0.2) is 0 Å². The van der Waals surface area contributed by atoms with Gasteiger partial charge in [-0.3, -0.25) is 4.79 Å². The number of ether oxygens (including phenoxy) is 1. The lowest BCUT2D eigenvalue weighted by molar-refractivity contribution is -0.156. The molecule has 0 aliphatic carbocycles. The molecule has 23 heavy (non-hydrogen) atoms. The minimum absolute atomic E-state index is 0. The van der Waals surface area contributed by atoms with E-state index in [0.717, 1.165) is 23.0 Å². The molecule has 2 nitrogen and oxygen atoms in total. The first-order chi connectivity index (χ1) is 9.90. The molecule has 0 radical (unpaired) electrons. The summed E-state index contributed by atoms with van der Waals surface area (Å²) in [4.78, 5) is 12.2. The van der Waals surface area contributed by atoms with E-state index in [9.17, 15) is 4.79 Å². The third kappa shape index (κ3) is 5.92. The van der Waals surface area contributed by atoms with Crippen molar-refractivity contribution in [3.05, 3.63) is 0 Å². The van der Waals surface area contributed by atoms with Crippen LogP contribution in [0.4, 0.5) is 0 Å². The Labute approximate surface area is 147 Å². The predicted molar refractivity (Wildman–Crippen MR) is 107 cm³/mol. The van der Waals surface area contributed by atoms with Gasteiger partial charge in [-0.1, -0.05) is 85.5 Å². The van der Waals surface area contributed by atoms with E-state index in [0.29, 0.717) is 12.5 Å². The van der Waals surface area contributed by atoms with Crippen LogP contribution >= 0.6 is 0 Å². The number of rotatable bonds is 9. The lowest BCUT2D eigenvalue weighted by atomic mass is 9.81. The van der Waals surface area contributed by atoms with Crippen molar-refractivity contribution in [1.29, 1.82) is 0 Å². The lowest BCUT2D eigenvalue weighted by Crippen LogP contribution is -2.44. The Morgan fingerprint density at radius 2 is 1.30 bits per heavy atom. The molecule has 0 aromatic rings. The lowest BCUT2D eigenvalue weighted by Gasteiger charge is -2.43. The van der Waals surface area contributed by atoms with E-state index in [1.165, 1.54) is 6.04 Å². The molecule has 0 heterocycles. The van der Waals surface area contributed by atoms with Crippen LogP contribution in [0.2, 0.25) is 22.7 Å². The highest BCUT2D eigenvalue weighted by molar-refractivity contribution is 6.83. The number of esters is 1. The monoisotopic (exact) mass is 344 g/mol. The maximum Gasteiger partial charge on any atom is 0.311 e. The van der Waals surface area contributed by atoms with Crippen LogP contribution in [0.5, 0.6) is 0 Å². The van der Waals surface area contributed by atoms with Gasteiger partial charge in [0.1, 0.15) is 0 Å². The van der Waals surface area contributed by atoms with Gasteiger partial charge >= 0.3 is 5.97 Å². The highest BCUT2D eigenvalue weighted by Crippen LogP contribution is 2.45. The van der Waals surface area contributed by atoms with Gasteiger partial charge in [0.05, 0.1) is 20.1 Å². The van der Waals surface area contributed by atoms with Crippen LogP contribution in [-0.2, 0) is 9.53 Å². The normalized spacial score (nSPS) is 13.0. The molecule has 0 aliphatic heterocycles. The van der Waals surface area contributed by atoms with Crippen LogP contribution < -0.4 is 0 Å². The van der Waals surface area contributed by atoms with Gasteiger partial charge in [0.25, 0.3) is 0 Å². The molecule has 0 N–H and O–H groups in total. The van der Waals surface area contributed by atoms with Gasteiger partial charge in [0, 0.05) is 0 Å². The molecular formula is C20H44O2Si. The Balaban J connectivity index is 0. The smallest absolute Gasteiger partial charge is 0.311 e. The zero-order chi connectivity index (χ0) is 17.7. The molecule has 0 fully saturated rings. The number of carbonyl (C=O) groups is 1. The highest BCUT2D eigenvalue weighted by atomic mass is 28.3. The second-order valence-corrected chi connectivity index (χ2v) is 14.9. The zero-order valence-electron chi connectivity index (χ0n) is 16.7. The standard InChI is InChI=1S/C19H40O2Si.CH4/c1-14(2)19(9,10)18(20)21-12-11-13-22(15(3)4,16(5)6)17(7)8;/h14-17H,11-13H2,1-10H3;1H4. The van der Waals surface area contributed by atoms with E-state index in [1.807, 2.05) is 13.8 Å². The van der Waals surface area contributed by atoms with Gasteiger partial charge in [0.15, 0.2) is 0 Å². The molecule has 0 bridgehead atoms. The molecule has 0 rings (SSSR count). The van der Waals surface area contributed by atoms with Crippen LogP contribution in [0, 0.1) is 11.3 Å². The number of hydrogen-bond donors (Lipinski definition) is 0. The first-order valence-electron chi connectivity index (χ1n) is 9.07. The second-order valence-electron chi connectivity index (χ2n) is 8.69. The first kappa shape index (κ1) is 24.9. The van der Waals surface area contributed by atoms with Crippen molar-refractivity contribution in [2.45, 2.75) is 106 Å². The summed E-state index contributed by atoms with van der Waals surface area (Å²) in [6.45, 7) is 23.0. The van der Waals surface area contributed by atoms with Crippen molar-refractivity contribution in [3.8, 4) is 0 Å². The molecule has 0 amide bonds. The fourth-order valence-electron chi connectivity index (χ4n) is 3.83. The van der Waals surface area contributed by atoms with E-state index in [4.69, 9.17) is 4.74 Å². The number of carbonyl (C=O) groups excluding carboxylic acids is 1. The quantitative estimate of drug-likeness (QED) is 0.258. The third-order valence-electron chi connectivity index (χ3n) is 6.18. The van der Waals surface area contributed by atoms with Gasteiger partial charge in [-0.15, -0.1) is 0 Å². The molecular weight excluding hydrogens is 300 g/mol. The van der Waals surface area contributed by atoms with Crippen LogP contribution in [0.25, 0.3) is 0 Å². The fourth-order valence-corrected chi connectivity index (χ4v) is 10.3. The van der Waals surface area contributed by atoms with Crippen molar-refractivity contribution in [3.63, 3.8) is 0 Å². The maximum atomic E-state index is 12.2. The van der Waals surface area contributed by atoms with E-state index in [2.05, 4.69) is 55.4 Å². The summed E-state index contributed by atoms with van der Waals surface area (Å²) in [5.74, 6) is 0.254. The summed E-state index contributed by atoms with van der Waals surface area (Å²) < 4.78 is 5.59. The maximum absolute atomic E-state index is 12.2. The van der Waals surface area contributed by atoms with Gasteiger partial charge in [0.2, 0.25) is 0 Å². The van der Waals surface area contributed by atoms with Crippen molar-refractivity contribution in [2.24, 2.45) is 11.3 Å². The SMILES string of the molecule is C.CC(C)C(C)(C)C(=O)OCCC[Si](C(C)C)(C(C)C)C(C)C. The minimum Gasteiger partial charge on any atom is -0.465 e. The summed E-state index contributed by atoms with van der Waals surface area (Å²) in [5, 5.41) is 0. The summed E-state index contributed by atoms with van der Waals surface area (Å²) in [7, 11) is -1.36. The minimum atomic E-state index is -1.36. The summed E-state index contributed by atoms with van der Waals surface area (Å²) in [6.07, 6.45) is 1.01. The molecule has 0 unspecified atom stereocenters. The van der Waals surface area contributed by atoms with E-state index in [1.54, 1.807) is 0 Å². The summed E-state index contributed by atoms with van der Waals surface area (Å²) >= 11 is 0. The Bertz CT molecular complexity index is 322. The highest BCUT2D eigenvalue weighted by Gasteiger charge is 2.41. The Morgan fingerprint density at radius 3 is 1.61 bits per heavy atom. The molecule has 0 aromatic carbocycles. The molecule has 0 aliphatic rings. The van der Waals surface area contributed by atoms with Gasteiger partial charge in [-0.2, -0.15) is 0 Å². The van der Waals surface area contributed by atoms with Crippen molar-refractivity contribution in [2.75, 3.05) is 6.61 Å². The molecule has 0 atom stereocenters. The van der Waals surface area contributed by atoms with E-state index >= 15 is 0 Å². The zero-order valence-corrected chi connectivity index (χ0v) is 17.7. The topological polar surface area (TPSA) is 26.3 Å². The summed E-state index contributed by atoms with van der Waals surface area (Å²) in [6, 6.07) is 1.26. The Hall–Kier alpha value is -0.313. The van der Waals surface area contributed by atoms with Gasteiger partial charge < -0.3 is 4.74 Å². The average molecular weight is 345 g/mol. The van der Waals surface area contributed by atoms with Crippen LogP contribution in [-0.4, -0.2) is 20.7 Å². The van der Waals surface area contributed by atoms with Crippen molar-refractivity contribution in [1.82, 2.24) is 0 Å². The average Bonchev–Trinajstić information content (AvgIpc) is 2.36. The molecule has 0 saturated heterocycles. The Morgan fingerprint density at radius 1 is 0.913 bits per heavy atom. The largest absolute Gasteiger partial charge is 0.465 e. The molecule has 0 saturated carbocycles. The first-order valence-corrected chi connectivity index (χ1v) is 11.5. The van der Waals surface area contributed by atoms with E-state index in [-0.39, 0.29) is 18.8 Å². The predicted octanol–water partition coefficient (Wildman–Crippen LogP) is 6.92. The second kappa shape index (κ2) is 9.86. The number of hydrogen-bond acceptors (Lipinski definition) is 2. The molecule has 0 aromatic heterocycles. The summed E-state index contributed by atoms with van der Waals surface area (Å²) in [5.41, 5.74) is 1.93. The van der Waals surface area contributed by atoms with E-state index < -0.39 is 8.07 Å². The van der Waals surface area contributed by atoms with Crippen LogP contribution in [0.1, 0.15) is 83.1 Å². The Kier molecular flexibility index (Phi) is 10.7. The van der Waals surface area contributed by atoms with Gasteiger partial charge in [-0.25, -0.2) is 0 Å². The van der Waals surface area contributed by atoms with Crippen LogP contribution in [0.3, 0.4) is 0 Å². The molecule has 140 valence electrons. The molecule has 0 spiro atoms. The third-order valence-corrected chi connectivity index (χ3v) is 13.9. The van der Waals surface area contributed by atoms with Crippen molar-refractivity contribution < 1.29 is 9.53 Å². The molecule has 3 heteroatoms. The van der Waals surface area contributed by atoms with Gasteiger partial charge in [-0.05, 0) is 26.2 Å². The fraction of sp³-hybridized carbons (Fsp3) is 0.950. The van der Waals surface area contributed by atoms with Crippen molar-refractivity contribution >= 4 is 14.0 Å².